The van der Waals surface area contributed by atoms with Gasteiger partial charge in [0.1, 0.15) is 18.8 Å². The van der Waals surface area contributed by atoms with Gasteiger partial charge in [0, 0.05) is 6.07 Å². The maximum atomic E-state index is 13.1. The molecule has 0 aliphatic carbocycles. The van der Waals surface area contributed by atoms with Crippen LogP contribution in [0.3, 0.4) is 0 Å². The van der Waals surface area contributed by atoms with Crippen molar-refractivity contribution in [3.05, 3.63) is 29.8 Å². The molecule has 0 bridgehead atoms. The van der Waals surface area contributed by atoms with E-state index in [1.807, 2.05) is 0 Å². The minimum Gasteiger partial charge on any atom is -0.286 e. The molecule has 0 fully saturated rings. The molecule has 68 valence electrons. The van der Waals surface area contributed by atoms with Gasteiger partial charge in [0.15, 0.2) is 5.82 Å². The summed E-state index contributed by atoms with van der Waals surface area (Å²) >= 11 is 0. The molecule has 0 unspecified atom stereocenters. The molecule has 0 amide bonds. The maximum Gasteiger partial charge on any atom is 0.151 e. The summed E-state index contributed by atoms with van der Waals surface area (Å²) in [5.41, 5.74) is 3.00. The Hall–Kier alpha value is -1.65. The fraction of sp³-hybridized carbons (Fsp3) is 0.125. The third kappa shape index (κ3) is 1.44. The Morgan fingerprint density at radius 1 is 1.38 bits per heavy atom. The van der Waals surface area contributed by atoms with Gasteiger partial charge in [-0.25, -0.2) is 8.78 Å². The summed E-state index contributed by atoms with van der Waals surface area (Å²) in [4.78, 5) is 3.83. The highest BCUT2D eigenvalue weighted by Gasteiger charge is 2.12. The van der Waals surface area contributed by atoms with Gasteiger partial charge < -0.3 is 0 Å². The lowest BCUT2D eigenvalue weighted by atomic mass is 10.3. The van der Waals surface area contributed by atoms with E-state index in [1.165, 1.54) is 23.5 Å². The van der Waals surface area contributed by atoms with Crippen molar-refractivity contribution in [3.8, 4) is 0 Å². The molecule has 1 N–H and O–H groups in total. The maximum absolute atomic E-state index is 13.1. The number of hydrogen-bond acceptors (Lipinski definition) is 3. The quantitative estimate of drug-likeness (QED) is 0.710. The van der Waals surface area contributed by atoms with E-state index in [2.05, 4.69) is 10.4 Å². The molecule has 1 aliphatic heterocycles. The van der Waals surface area contributed by atoms with Gasteiger partial charge in [-0.15, -0.1) is 0 Å². The van der Waals surface area contributed by atoms with Crippen molar-refractivity contribution in [1.29, 1.82) is 0 Å². The second kappa shape index (κ2) is 3.01. The number of halogens is 2. The average molecular weight is 183 g/mol. The molecular weight excluding hydrogens is 176 g/mol. The number of aliphatic imine (C=N–C) groups is 1. The average Bonchev–Trinajstić information content (AvgIpc) is 2.56. The number of nitrogens with one attached hydrogen (secondary N) is 1. The molecule has 1 heterocycles. The smallest absolute Gasteiger partial charge is 0.151 e. The lowest BCUT2D eigenvalue weighted by molar-refractivity contribution is 0.578. The highest BCUT2D eigenvalue weighted by molar-refractivity contribution is 5.63. The zero-order valence-corrected chi connectivity index (χ0v) is 6.67. The van der Waals surface area contributed by atoms with Gasteiger partial charge in [-0.05, 0) is 12.1 Å². The summed E-state index contributed by atoms with van der Waals surface area (Å²) in [6.07, 6.45) is 1.46. The molecule has 1 aromatic rings. The third-order valence-electron chi connectivity index (χ3n) is 1.73. The number of rotatable bonds is 1. The predicted octanol–water partition coefficient (Wildman–Crippen LogP) is 1.28. The first-order chi connectivity index (χ1) is 6.27. The SMILES string of the molecule is Fc1ccc(N2CN=CN2)c(F)c1. The second-order valence-corrected chi connectivity index (χ2v) is 2.61. The van der Waals surface area contributed by atoms with E-state index in [9.17, 15) is 8.78 Å². The van der Waals surface area contributed by atoms with Crippen LogP contribution in [0, 0.1) is 11.6 Å². The van der Waals surface area contributed by atoms with Crippen LogP contribution in [0.5, 0.6) is 0 Å². The van der Waals surface area contributed by atoms with Gasteiger partial charge in [0.2, 0.25) is 0 Å². The Morgan fingerprint density at radius 2 is 2.23 bits per heavy atom. The monoisotopic (exact) mass is 183 g/mol. The molecule has 0 radical (unpaired) electrons. The first kappa shape index (κ1) is 7.97. The van der Waals surface area contributed by atoms with Crippen molar-refractivity contribution in [2.45, 2.75) is 0 Å². The van der Waals surface area contributed by atoms with E-state index in [-0.39, 0.29) is 0 Å². The topological polar surface area (TPSA) is 27.6 Å². The fourth-order valence-electron chi connectivity index (χ4n) is 1.12. The number of nitrogens with zero attached hydrogens (tertiary/aromatic N) is 2. The van der Waals surface area contributed by atoms with E-state index in [1.54, 1.807) is 0 Å². The van der Waals surface area contributed by atoms with Gasteiger partial charge in [-0.3, -0.25) is 15.4 Å². The van der Waals surface area contributed by atoms with Crippen LogP contribution in [0.25, 0.3) is 0 Å². The lowest BCUT2D eigenvalue weighted by Crippen LogP contribution is -2.32. The highest BCUT2D eigenvalue weighted by atomic mass is 19.1. The van der Waals surface area contributed by atoms with Crippen molar-refractivity contribution >= 4 is 12.0 Å². The zero-order chi connectivity index (χ0) is 9.26. The second-order valence-electron chi connectivity index (χ2n) is 2.61. The molecule has 3 nitrogen and oxygen atoms in total. The molecular formula is C8H7F2N3. The van der Waals surface area contributed by atoms with E-state index in [4.69, 9.17) is 0 Å². The van der Waals surface area contributed by atoms with Gasteiger partial charge in [-0.2, -0.15) is 0 Å². The van der Waals surface area contributed by atoms with Crippen molar-refractivity contribution in [2.24, 2.45) is 4.99 Å². The van der Waals surface area contributed by atoms with Gasteiger partial charge in [-0.1, -0.05) is 0 Å². The number of hydrogen-bond donors (Lipinski definition) is 1. The minimum absolute atomic E-state index is 0.291. The van der Waals surface area contributed by atoms with Crippen LogP contribution in [0.1, 0.15) is 0 Å². The van der Waals surface area contributed by atoms with Crippen LogP contribution >= 0.6 is 0 Å². The van der Waals surface area contributed by atoms with Crippen LogP contribution in [-0.4, -0.2) is 13.0 Å². The summed E-state index contributed by atoms with van der Waals surface area (Å²) in [7, 11) is 0. The molecule has 5 heteroatoms. The Balaban J connectivity index is 2.30. The van der Waals surface area contributed by atoms with E-state index in [0.29, 0.717) is 12.4 Å². The first-order valence-corrected chi connectivity index (χ1v) is 3.74. The van der Waals surface area contributed by atoms with Crippen molar-refractivity contribution in [1.82, 2.24) is 5.43 Å². The molecule has 0 aromatic heterocycles. The standard InChI is InChI=1S/C8H7F2N3/c9-6-1-2-8(7(10)3-6)13-5-11-4-12-13/h1-4H,5H2,(H,11,12). The van der Waals surface area contributed by atoms with Crippen molar-refractivity contribution in [2.75, 3.05) is 11.7 Å². The molecule has 0 atom stereocenters. The van der Waals surface area contributed by atoms with Gasteiger partial charge >= 0.3 is 0 Å². The molecule has 1 aliphatic rings. The Morgan fingerprint density at radius 3 is 2.85 bits per heavy atom. The number of benzene rings is 1. The van der Waals surface area contributed by atoms with Crippen molar-refractivity contribution < 1.29 is 8.78 Å². The van der Waals surface area contributed by atoms with Crippen LogP contribution in [0.15, 0.2) is 23.2 Å². The zero-order valence-electron chi connectivity index (χ0n) is 6.67. The molecule has 0 spiro atoms. The molecule has 13 heavy (non-hydrogen) atoms. The molecule has 0 saturated carbocycles. The molecule has 0 saturated heterocycles. The fourth-order valence-corrected chi connectivity index (χ4v) is 1.12. The minimum atomic E-state index is -0.599. The normalized spacial score (nSPS) is 14.8. The van der Waals surface area contributed by atoms with E-state index < -0.39 is 11.6 Å². The Kier molecular flexibility index (Phi) is 1.84. The van der Waals surface area contributed by atoms with Crippen molar-refractivity contribution in [3.63, 3.8) is 0 Å². The van der Waals surface area contributed by atoms with E-state index >= 15 is 0 Å². The summed E-state index contributed by atoms with van der Waals surface area (Å²) in [6, 6.07) is 3.42. The molecule has 1 aromatic carbocycles. The Labute approximate surface area is 73.7 Å². The summed E-state index contributed by atoms with van der Waals surface area (Å²) < 4.78 is 25.6. The number of anilines is 1. The molecule has 2 rings (SSSR count). The summed E-state index contributed by atoms with van der Waals surface area (Å²) in [5.74, 6) is -1.18. The highest BCUT2D eigenvalue weighted by Crippen LogP contribution is 2.19. The first-order valence-electron chi connectivity index (χ1n) is 3.74. The van der Waals surface area contributed by atoms with Crippen LogP contribution in [0.4, 0.5) is 14.5 Å². The summed E-state index contributed by atoms with van der Waals surface area (Å²) in [5, 5.41) is 1.48. The van der Waals surface area contributed by atoms with E-state index in [0.717, 1.165) is 6.07 Å². The predicted molar refractivity (Wildman–Crippen MR) is 45.3 cm³/mol. The van der Waals surface area contributed by atoms with Gasteiger partial charge in [0.05, 0.1) is 5.69 Å². The van der Waals surface area contributed by atoms with Crippen LogP contribution in [0.2, 0.25) is 0 Å². The third-order valence-corrected chi connectivity index (χ3v) is 1.73. The lowest BCUT2D eigenvalue weighted by Gasteiger charge is -2.17. The Bertz CT molecular complexity index is 343. The van der Waals surface area contributed by atoms with Gasteiger partial charge in [0.25, 0.3) is 0 Å². The largest absolute Gasteiger partial charge is 0.286 e. The van der Waals surface area contributed by atoms with Crippen LogP contribution < -0.4 is 10.4 Å². The summed E-state index contributed by atoms with van der Waals surface area (Å²) in [6.45, 7) is 0.336. The van der Waals surface area contributed by atoms with Crippen LogP contribution in [-0.2, 0) is 0 Å². The number of hydrazine groups is 1.